The first-order chi connectivity index (χ1) is 15.7. The summed E-state index contributed by atoms with van der Waals surface area (Å²) in [5.41, 5.74) is 1.33. The molecule has 0 radical (unpaired) electrons. The van der Waals surface area contributed by atoms with E-state index in [1.54, 1.807) is 12.4 Å². The lowest BCUT2D eigenvalue weighted by Crippen LogP contribution is -2.53. The summed E-state index contributed by atoms with van der Waals surface area (Å²) in [6, 6.07) is 13.0. The number of hydrogen-bond acceptors (Lipinski definition) is 6. The van der Waals surface area contributed by atoms with Gasteiger partial charge in [0.25, 0.3) is 0 Å². The van der Waals surface area contributed by atoms with Crippen LogP contribution in [0.25, 0.3) is 0 Å². The molecule has 2 aromatic rings. The minimum atomic E-state index is 0. The fourth-order valence-electron chi connectivity index (χ4n) is 4.39. The number of nitrogens with one attached hydrogen (secondary N) is 1. The average molecular weight is 565 g/mol. The number of anilines is 2. The van der Waals surface area contributed by atoms with Crippen molar-refractivity contribution in [2.75, 3.05) is 75.2 Å². The molecule has 0 bridgehead atoms. The highest BCUT2D eigenvalue weighted by Gasteiger charge is 2.23. The molecule has 2 aliphatic rings. The SMILES string of the molecule is CCNC(=NCC(C)N1CCN(c2ccccc2)CC1)N1CCN(c2ncccn2)CC1.I. The molecule has 1 aromatic heterocycles. The number of hydrogen-bond donors (Lipinski definition) is 1. The van der Waals surface area contributed by atoms with Crippen molar-refractivity contribution in [3.8, 4) is 0 Å². The molecule has 3 heterocycles. The lowest BCUT2D eigenvalue weighted by Gasteiger charge is -2.39. The Labute approximate surface area is 215 Å². The van der Waals surface area contributed by atoms with Crippen LogP contribution in [0.1, 0.15) is 13.8 Å². The molecular formula is C24H37IN8. The molecule has 2 aliphatic heterocycles. The predicted octanol–water partition coefficient (Wildman–Crippen LogP) is 2.39. The molecule has 1 aromatic carbocycles. The van der Waals surface area contributed by atoms with Gasteiger partial charge in [0, 0.05) is 83.0 Å². The number of nitrogens with zero attached hydrogens (tertiary/aromatic N) is 7. The first kappa shape index (κ1) is 25.5. The lowest BCUT2D eigenvalue weighted by atomic mass is 10.2. The fourth-order valence-corrected chi connectivity index (χ4v) is 4.39. The van der Waals surface area contributed by atoms with Gasteiger partial charge in [0.15, 0.2) is 5.96 Å². The molecule has 0 saturated carbocycles. The molecule has 1 N–H and O–H groups in total. The summed E-state index contributed by atoms with van der Waals surface area (Å²) in [7, 11) is 0. The van der Waals surface area contributed by atoms with Gasteiger partial charge in [-0.05, 0) is 32.0 Å². The summed E-state index contributed by atoms with van der Waals surface area (Å²) < 4.78 is 0. The highest BCUT2D eigenvalue weighted by molar-refractivity contribution is 14.0. The van der Waals surface area contributed by atoms with Gasteiger partial charge >= 0.3 is 0 Å². The third kappa shape index (κ3) is 6.92. The molecule has 0 spiro atoms. The summed E-state index contributed by atoms with van der Waals surface area (Å²) in [5.74, 6) is 1.84. The molecule has 4 rings (SSSR count). The predicted molar refractivity (Wildman–Crippen MR) is 147 cm³/mol. The van der Waals surface area contributed by atoms with E-state index in [0.29, 0.717) is 6.04 Å². The maximum atomic E-state index is 5.01. The Bertz CT molecular complexity index is 834. The maximum Gasteiger partial charge on any atom is 0.225 e. The van der Waals surface area contributed by atoms with Gasteiger partial charge in [-0.2, -0.15) is 0 Å². The molecular weight excluding hydrogens is 527 g/mol. The number of benzene rings is 1. The van der Waals surface area contributed by atoms with Crippen LogP contribution in [0.5, 0.6) is 0 Å². The zero-order valence-electron chi connectivity index (χ0n) is 19.8. The van der Waals surface area contributed by atoms with Crippen LogP contribution < -0.4 is 15.1 Å². The second-order valence-electron chi connectivity index (χ2n) is 8.43. The van der Waals surface area contributed by atoms with Crippen molar-refractivity contribution < 1.29 is 0 Å². The highest BCUT2D eigenvalue weighted by atomic mass is 127. The van der Waals surface area contributed by atoms with Gasteiger partial charge in [-0.25, -0.2) is 9.97 Å². The van der Waals surface area contributed by atoms with Crippen LogP contribution in [0.3, 0.4) is 0 Å². The fraction of sp³-hybridized carbons (Fsp3) is 0.542. The molecule has 1 atom stereocenters. The van der Waals surface area contributed by atoms with E-state index in [9.17, 15) is 0 Å². The van der Waals surface area contributed by atoms with Crippen LogP contribution in [-0.2, 0) is 0 Å². The Kier molecular flexibility index (Phi) is 9.98. The Morgan fingerprint density at radius 1 is 0.909 bits per heavy atom. The monoisotopic (exact) mass is 564 g/mol. The van der Waals surface area contributed by atoms with Gasteiger partial charge in [0.2, 0.25) is 5.95 Å². The summed E-state index contributed by atoms with van der Waals surface area (Å²) in [6.45, 7) is 14.1. The summed E-state index contributed by atoms with van der Waals surface area (Å²) in [5, 5.41) is 3.49. The van der Waals surface area contributed by atoms with Gasteiger partial charge in [-0.3, -0.25) is 9.89 Å². The molecule has 0 aliphatic carbocycles. The van der Waals surface area contributed by atoms with Gasteiger partial charge in [0.1, 0.15) is 0 Å². The Morgan fingerprint density at radius 2 is 1.55 bits per heavy atom. The van der Waals surface area contributed by atoms with E-state index in [1.165, 1.54) is 5.69 Å². The number of aliphatic imine (C=N–C) groups is 1. The van der Waals surface area contributed by atoms with Crippen LogP contribution in [0.2, 0.25) is 0 Å². The Balaban J connectivity index is 0.00000306. The van der Waals surface area contributed by atoms with E-state index < -0.39 is 0 Å². The summed E-state index contributed by atoms with van der Waals surface area (Å²) >= 11 is 0. The molecule has 1 unspecified atom stereocenters. The van der Waals surface area contributed by atoms with E-state index in [0.717, 1.165) is 77.4 Å². The number of piperazine rings is 2. The van der Waals surface area contributed by atoms with Crippen LogP contribution in [0.4, 0.5) is 11.6 Å². The number of rotatable bonds is 6. The van der Waals surface area contributed by atoms with Crippen molar-refractivity contribution in [2.24, 2.45) is 4.99 Å². The van der Waals surface area contributed by atoms with E-state index in [1.807, 2.05) is 6.07 Å². The van der Waals surface area contributed by atoms with Gasteiger partial charge in [-0.15, -0.1) is 24.0 Å². The maximum absolute atomic E-state index is 5.01. The lowest BCUT2D eigenvalue weighted by molar-refractivity contribution is 0.201. The van der Waals surface area contributed by atoms with Gasteiger partial charge in [-0.1, -0.05) is 18.2 Å². The largest absolute Gasteiger partial charge is 0.369 e. The Hall–Kier alpha value is -2.14. The number of guanidine groups is 1. The van der Waals surface area contributed by atoms with Crippen molar-refractivity contribution in [2.45, 2.75) is 19.9 Å². The number of para-hydroxylation sites is 1. The first-order valence-electron chi connectivity index (χ1n) is 11.8. The third-order valence-electron chi connectivity index (χ3n) is 6.31. The zero-order valence-corrected chi connectivity index (χ0v) is 22.1. The first-order valence-corrected chi connectivity index (χ1v) is 11.8. The minimum Gasteiger partial charge on any atom is -0.369 e. The molecule has 0 amide bonds. The third-order valence-corrected chi connectivity index (χ3v) is 6.31. The normalized spacial score (nSPS) is 18.6. The molecule has 9 heteroatoms. The zero-order chi connectivity index (χ0) is 22.2. The number of halogens is 1. The highest BCUT2D eigenvalue weighted by Crippen LogP contribution is 2.17. The molecule has 8 nitrogen and oxygen atoms in total. The van der Waals surface area contributed by atoms with Gasteiger partial charge in [0.05, 0.1) is 6.54 Å². The standard InChI is InChI=1S/C24H36N8.HI/c1-3-25-23(31-16-18-32(19-17-31)24-26-10-7-11-27-24)28-20-21(2)29-12-14-30(15-13-29)22-8-5-4-6-9-22;/h4-11,21H,3,12-20H2,1-2H3,(H,25,28);1H. The van der Waals surface area contributed by atoms with E-state index >= 15 is 0 Å². The topological polar surface area (TPSA) is 63.1 Å². The van der Waals surface area contributed by atoms with Crippen LogP contribution in [0, 0.1) is 0 Å². The van der Waals surface area contributed by atoms with Crippen LogP contribution >= 0.6 is 24.0 Å². The van der Waals surface area contributed by atoms with Crippen molar-refractivity contribution >= 4 is 41.6 Å². The van der Waals surface area contributed by atoms with Crippen molar-refractivity contribution in [1.82, 2.24) is 25.1 Å². The summed E-state index contributed by atoms with van der Waals surface area (Å²) in [6.07, 6.45) is 3.61. The van der Waals surface area contributed by atoms with Crippen LogP contribution in [0.15, 0.2) is 53.8 Å². The molecule has 180 valence electrons. The molecule has 2 saturated heterocycles. The average Bonchev–Trinajstić information content (AvgIpc) is 2.87. The summed E-state index contributed by atoms with van der Waals surface area (Å²) in [4.78, 5) is 23.4. The minimum absolute atomic E-state index is 0. The second kappa shape index (κ2) is 12.9. The van der Waals surface area contributed by atoms with Crippen molar-refractivity contribution in [1.29, 1.82) is 0 Å². The number of aromatic nitrogens is 2. The Morgan fingerprint density at radius 3 is 2.18 bits per heavy atom. The quantitative estimate of drug-likeness (QED) is 0.329. The van der Waals surface area contributed by atoms with Gasteiger partial charge < -0.3 is 20.0 Å². The van der Waals surface area contributed by atoms with E-state index in [-0.39, 0.29) is 24.0 Å². The second-order valence-corrected chi connectivity index (χ2v) is 8.43. The van der Waals surface area contributed by atoms with Crippen LogP contribution in [-0.4, -0.2) is 97.2 Å². The molecule has 2 fully saturated rings. The van der Waals surface area contributed by atoms with E-state index in [4.69, 9.17) is 4.99 Å². The molecule has 33 heavy (non-hydrogen) atoms. The van der Waals surface area contributed by atoms with Crippen molar-refractivity contribution in [3.63, 3.8) is 0 Å². The van der Waals surface area contributed by atoms with E-state index in [2.05, 4.69) is 79.1 Å². The van der Waals surface area contributed by atoms with Crippen molar-refractivity contribution in [3.05, 3.63) is 48.8 Å². The smallest absolute Gasteiger partial charge is 0.225 e.